The fourth-order valence-electron chi connectivity index (χ4n) is 3.14. The monoisotopic (exact) mass is 316 g/mol. The maximum Gasteiger partial charge on any atom is 0.263 e. The van der Waals surface area contributed by atoms with Crippen molar-refractivity contribution in [3.05, 3.63) is 23.8 Å². The summed E-state index contributed by atoms with van der Waals surface area (Å²) in [5.41, 5.74) is 0.492. The average molecular weight is 316 g/mol. The Morgan fingerprint density at radius 1 is 1.30 bits per heavy atom. The highest BCUT2D eigenvalue weighted by atomic mass is 16.5. The molecule has 0 radical (unpaired) electrons. The van der Waals surface area contributed by atoms with Gasteiger partial charge in [-0.3, -0.25) is 4.79 Å². The standard InChI is InChI=1S/C18H24N2O3/c1-12-6-5-7-13(2)20(12)18(21)14(3)23-16-9-8-15(11-19)10-17(16)22-4/h8-10,12-14H,5-7H2,1-4H3/t12-,13-,14+/m0/s1. The first-order valence-electron chi connectivity index (χ1n) is 8.05. The number of amides is 1. The third-order valence-electron chi connectivity index (χ3n) is 4.39. The number of ether oxygens (including phenoxy) is 2. The van der Waals surface area contributed by atoms with Gasteiger partial charge in [-0.05, 0) is 52.2 Å². The summed E-state index contributed by atoms with van der Waals surface area (Å²) in [5, 5.41) is 8.94. The maximum absolute atomic E-state index is 12.8. The van der Waals surface area contributed by atoms with Gasteiger partial charge in [-0.25, -0.2) is 0 Å². The predicted molar refractivity (Wildman–Crippen MR) is 87.4 cm³/mol. The number of piperidine rings is 1. The van der Waals surface area contributed by atoms with E-state index in [0.29, 0.717) is 17.1 Å². The lowest BCUT2D eigenvalue weighted by molar-refractivity contribution is -0.144. The molecule has 23 heavy (non-hydrogen) atoms. The van der Waals surface area contributed by atoms with Crippen molar-refractivity contribution >= 4 is 5.91 Å². The number of hydrogen-bond acceptors (Lipinski definition) is 4. The van der Waals surface area contributed by atoms with Crippen molar-refractivity contribution < 1.29 is 14.3 Å². The first kappa shape index (κ1) is 17.1. The van der Waals surface area contributed by atoms with E-state index < -0.39 is 6.10 Å². The van der Waals surface area contributed by atoms with Crippen LogP contribution in [0.4, 0.5) is 0 Å². The van der Waals surface area contributed by atoms with Crippen LogP contribution in [0.3, 0.4) is 0 Å². The van der Waals surface area contributed by atoms with E-state index in [-0.39, 0.29) is 18.0 Å². The molecule has 0 unspecified atom stereocenters. The normalized spacial score (nSPS) is 22.1. The van der Waals surface area contributed by atoms with Crippen LogP contribution in [0.25, 0.3) is 0 Å². The Morgan fingerprint density at radius 2 is 1.96 bits per heavy atom. The van der Waals surface area contributed by atoms with Crippen LogP contribution >= 0.6 is 0 Å². The molecule has 1 aliphatic rings. The number of nitrogens with zero attached hydrogens (tertiary/aromatic N) is 2. The highest BCUT2D eigenvalue weighted by Gasteiger charge is 2.32. The molecule has 0 aliphatic carbocycles. The molecular formula is C18H24N2O3. The lowest BCUT2D eigenvalue weighted by Gasteiger charge is -2.40. The Labute approximate surface area is 137 Å². The number of rotatable bonds is 4. The van der Waals surface area contributed by atoms with E-state index in [1.54, 1.807) is 25.1 Å². The zero-order chi connectivity index (χ0) is 17.0. The van der Waals surface area contributed by atoms with E-state index in [2.05, 4.69) is 19.9 Å². The molecule has 5 nitrogen and oxygen atoms in total. The summed E-state index contributed by atoms with van der Waals surface area (Å²) in [5.74, 6) is 0.934. The minimum absolute atomic E-state index is 0.00360. The molecule has 2 rings (SSSR count). The van der Waals surface area contributed by atoms with Gasteiger partial charge in [0.2, 0.25) is 0 Å². The van der Waals surface area contributed by atoms with E-state index in [0.717, 1.165) is 19.3 Å². The molecule has 1 heterocycles. The quantitative estimate of drug-likeness (QED) is 0.856. The SMILES string of the molecule is COc1cc(C#N)ccc1O[C@H](C)C(=O)N1[C@@H](C)CCC[C@@H]1C. The first-order valence-corrected chi connectivity index (χ1v) is 8.05. The van der Waals surface area contributed by atoms with Crippen molar-refractivity contribution in [3.63, 3.8) is 0 Å². The van der Waals surface area contributed by atoms with E-state index >= 15 is 0 Å². The summed E-state index contributed by atoms with van der Waals surface area (Å²) in [6.45, 7) is 5.93. The topological polar surface area (TPSA) is 62.6 Å². The maximum atomic E-state index is 12.8. The summed E-state index contributed by atoms with van der Waals surface area (Å²) in [6, 6.07) is 7.46. The number of hydrogen-bond donors (Lipinski definition) is 0. The molecule has 124 valence electrons. The molecule has 1 aliphatic heterocycles. The minimum atomic E-state index is -0.597. The van der Waals surface area contributed by atoms with Crippen LogP contribution in [-0.2, 0) is 4.79 Å². The summed E-state index contributed by atoms with van der Waals surface area (Å²) in [4.78, 5) is 14.7. The predicted octanol–water partition coefficient (Wildman–Crippen LogP) is 3.12. The van der Waals surface area contributed by atoms with Gasteiger partial charge in [0.1, 0.15) is 0 Å². The summed E-state index contributed by atoms with van der Waals surface area (Å²) >= 11 is 0. The van der Waals surface area contributed by atoms with Crippen molar-refractivity contribution in [2.24, 2.45) is 0 Å². The molecule has 0 bridgehead atoms. The lowest BCUT2D eigenvalue weighted by atomic mass is 9.97. The zero-order valence-corrected chi connectivity index (χ0v) is 14.2. The van der Waals surface area contributed by atoms with Crippen molar-refractivity contribution in [1.29, 1.82) is 5.26 Å². The number of likely N-dealkylation sites (tertiary alicyclic amines) is 1. The average Bonchev–Trinajstić information content (AvgIpc) is 2.54. The summed E-state index contributed by atoms with van der Waals surface area (Å²) in [7, 11) is 1.52. The van der Waals surface area contributed by atoms with Gasteiger partial charge < -0.3 is 14.4 Å². The van der Waals surface area contributed by atoms with Gasteiger partial charge in [0.15, 0.2) is 17.6 Å². The second-order valence-corrected chi connectivity index (χ2v) is 6.11. The molecule has 3 atom stereocenters. The van der Waals surface area contributed by atoms with Crippen LogP contribution in [0.5, 0.6) is 11.5 Å². The first-order chi connectivity index (χ1) is 11.0. The number of benzene rings is 1. The van der Waals surface area contributed by atoms with E-state index in [1.165, 1.54) is 7.11 Å². The number of carbonyl (C=O) groups excluding carboxylic acids is 1. The van der Waals surface area contributed by atoms with Gasteiger partial charge >= 0.3 is 0 Å². The third-order valence-corrected chi connectivity index (χ3v) is 4.39. The molecule has 1 aromatic carbocycles. The van der Waals surface area contributed by atoms with Crippen molar-refractivity contribution in [2.45, 2.75) is 58.2 Å². The molecule has 1 fully saturated rings. The van der Waals surface area contributed by atoms with Crippen molar-refractivity contribution in [1.82, 2.24) is 4.90 Å². The van der Waals surface area contributed by atoms with Gasteiger partial charge in [-0.2, -0.15) is 5.26 Å². The van der Waals surface area contributed by atoms with Gasteiger partial charge in [0, 0.05) is 18.2 Å². The van der Waals surface area contributed by atoms with Gasteiger partial charge in [-0.15, -0.1) is 0 Å². The van der Waals surface area contributed by atoms with Crippen LogP contribution in [0.2, 0.25) is 0 Å². The fraction of sp³-hybridized carbons (Fsp3) is 0.556. The summed E-state index contributed by atoms with van der Waals surface area (Å²) < 4.78 is 11.1. The lowest BCUT2D eigenvalue weighted by Crippen LogP contribution is -2.51. The third kappa shape index (κ3) is 3.76. The molecule has 0 saturated carbocycles. The molecule has 0 aromatic heterocycles. The largest absolute Gasteiger partial charge is 0.493 e. The summed E-state index contributed by atoms with van der Waals surface area (Å²) in [6.07, 6.45) is 2.62. The molecule has 0 N–H and O–H groups in total. The van der Waals surface area contributed by atoms with Crippen LogP contribution < -0.4 is 9.47 Å². The Morgan fingerprint density at radius 3 is 2.52 bits per heavy atom. The number of nitriles is 1. The van der Waals surface area contributed by atoms with E-state index in [9.17, 15) is 4.79 Å². The van der Waals surface area contributed by atoms with Gasteiger partial charge in [0.25, 0.3) is 5.91 Å². The van der Waals surface area contributed by atoms with E-state index in [1.807, 2.05) is 4.90 Å². The fourth-order valence-corrected chi connectivity index (χ4v) is 3.14. The second-order valence-electron chi connectivity index (χ2n) is 6.11. The number of carbonyl (C=O) groups is 1. The zero-order valence-electron chi connectivity index (χ0n) is 14.2. The Balaban J connectivity index is 2.13. The van der Waals surface area contributed by atoms with E-state index in [4.69, 9.17) is 14.7 Å². The van der Waals surface area contributed by atoms with Crippen LogP contribution in [-0.4, -0.2) is 36.1 Å². The minimum Gasteiger partial charge on any atom is -0.493 e. The highest BCUT2D eigenvalue weighted by Crippen LogP contribution is 2.30. The van der Waals surface area contributed by atoms with Crippen LogP contribution in [0.1, 0.15) is 45.6 Å². The van der Waals surface area contributed by atoms with Gasteiger partial charge in [0.05, 0.1) is 18.7 Å². The molecule has 5 heteroatoms. The molecule has 1 aromatic rings. The van der Waals surface area contributed by atoms with Gasteiger partial charge in [-0.1, -0.05) is 0 Å². The van der Waals surface area contributed by atoms with Crippen LogP contribution in [0, 0.1) is 11.3 Å². The second kappa shape index (κ2) is 7.36. The van der Waals surface area contributed by atoms with Crippen molar-refractivity contribution in [3.8, 4) is 17.6 Å². The molecule has 1 saturated heterocycles. The molecule has 1 amide bonds. The molecule has 0 spiro atoms. The highest BCUT2D eigenvalue weighted by molar-refractivity contribution is 5.81. The Hall–Kier alpha value is -2.22. The smallest absolute Gasteiger partial charge is 0.263 e. The Bertz CT molecular complexity index is 599. The Kier molecular flexibility index (Phi) is 5.49. The number of methoxy groups -OCH3 is 1. The van der Waals surface area contributed by atoms with Crippen LogP contribution in [0.15, 0.2) is 18.2 Å². The van der Waals surface area contributed by atoms with Crippen molar-refractivity contribution in [2.75, 3.05) is 7.11 Å². The molecular weight excluding hydrogens is 292 g/mol.